The third-order valence-electron chi connectivity index (χ3n) is 5.35. The van der Waals surface area contributed by atoms with E-state index in [0.29, 0.717) is 18.1 Å². The van der Waals surface area contributed by atoms with Gasteiger partial charge in [-0.15, -0.1) is 0 Å². The molecule has 0 radical (unpaired) electrons. The first kappa shape index (κ1) is 21.6. The van der Waals surface area contributed by atoms with Crippen LogP contribution < -0.4 is 5.32 Å². The first-order valence-corrected chi connectivity index (χ1v) is 11.3. The Morgan fingerprint density at radius 2 is 2.19 bits per heavy atom. The highest BCUT2D eigenvalue weighted by Crippen LogP contribution is 2.28. The lowest BCUT2D eigenvalue weighted by atomic mass is 10.1. The number of fused-ring (bicyclic) bond motifs is 1. The number of nitrogens with zero attached hydrogens (tertiary/aromatic N) is 2. The van der Waals surface area contributed by atoms with Gasteiger partial charge in [0.05, 0.1) is 6.10 Å². The Morgan fingerprint density at radius 1 is 1.35 bits per heavy atom. The molecule has 158 valence electrons. The highest BCUT2D eigenvalue weighted by Gasteiger charge is 2.18. The third-order valence-corrected chi connectivity index (χ3v) is 6.21. The van der Waals surface area contributed by atoms with Gasteiger partial charge in [-0.1, -0.05) is 45.7 Å². The Labute approximate surface area is 194 Å². The largest absolute Gasteiger partial charge is 0.376 e. The molecule has 1 saturated heterocycles. The third kappa shape index (κ3) is 5.01. The zero-order chi connectivity index (χ0) is 21.8. The summed E-state index contributed by atoms with van der Waals surface area (Å²) < 4.78 is 8.54. The second-order valence-corrected chi connectivity index (χ2v) is 8.80. The van der Waals surface area contributed by atoms with E-state index in [1.165, 1.54) is 0 Å². The summed E-state index contributed by atoms with van der Waals surface area (Å²) in [6.45, 7) is 1.72. The van der Waals surface area contributed by atoms with Gasteiger partial charge in [0.1, 0.15) is 11.6 Å². The van der Waals surface area contributed by atoms with E-state index in [4.69, 9.17) is 16.3 Å². The summed E-state index contributed by atoms with van der Waals surface area (Å²) in [6.07, 6.45) is 5.54. The number of aromatic nitrogens is 1. The summed E-state index contributed by atoms with van der Waals surface area (Å²) in [5, 5.41) is 14.1. The fourth-order valence-electron chi connectivity index (χ4n) is 3.76. The number of carbonyl (C=O) groups is 1. The van der Waals surface area contributed by atoms with Crippen molar-refractivity contribution in [3.63, 3.8) is 0 Å². The van der Waals surface area contributed by atoms with Crippen LogP contribution in [0.3, 0.4) is 0 Å². The summed E-state index contributed by atoms with van der Waals surface area (Å²) >= 11 is 9.88. The standard InChI is InChI=1S/C24H21BrClN3O2/c25-19-7-8-23-21(11-19)18(15-29(23)14-16-4-1-2-6-22(16)26)10-17(12-27)24(30)28-13-20-5-3-9-31-20/h1-2,4,6-8,10-11,15,20H,3,5,9,13-14H2,(H,28,30)/b17-10+/t20-/m1/s1. The van der Waals surface area contributed by atoms with Crippen LogP contribution in [0, 0.1) is 11.3 Å². The monoisotopic (exact) mass is 497 g/mol. The normalized spacial score (nSPS) is 16.4. The quantitative estimate of drug-likeness (QED) is 0.370. The second kappa shape index (κ2) is 9.69. The minimum Gasteiger partial charge on any atom is -0.376 e. The molecular formula is C24H21BrClN3O2. The molecule has 1 atom stereocenters. The summed E-state index contributed by atoms with van der Waals surface area (Å²) in [4.78, 5) is 12.6. The molecule has 1 amide bonds. The molecule has 7 heteroatoms. The molecule has 0 aliphatic carbocycles. The second-order valence-electron chi connectivity index (χ2n) is 7.48. The molecule has 1 aromatic heterocycles. The molecule has 1 aliphatic rings. The van der Waals surface area contributed by atoms with Gasteiger partial charge in [-0.2, -0.15) is 5.26 Å². The van der Waals surface area contributed by atoms with Crippen molar-refractivity contribution in [2.24, 2.45) is 0 Å². The van der Waals surface area contributed by atoms with E-state index >= 15 is 0 Å². The van der Waals surface area contributed by atoms with E-state index in [9.17, 15) is 10.1 Å². The number of amides is 1. The highest BCUT2D eigenvalue weighted by molar-refractivity contribution is 9.10. The number of halogens is 2. The summed E-state index contributed by atoms with van der Waals surface area (Å²) in [7, 11) is 0. The molecular weight excluding hydrogens is 478 g/mol. The van der Waals surface area contributed by atoms with Gasteiger partial charge in [0, 0.05) is 51.9 Å². The predicted octanol–water partition coefficient (Wildman–Crippen LogP) is 5.31. The van der Waals surface area contributed by atoms with Gasteiger partial charge in [-0.05, 0) is 48.7 Å². The molecule has 1 N–H and O–H groups in total. The van der Waals surface area contributed by atoms with Crippen LogP contribution in [-0.2, 0) is 16.1 Å². The maximum absolute atomic E-state index is 12.6. The zero-order valence-corrected chi connectivity index (χ0v) is 19.1. The minimum absolute atomic E-state index is 0.0254. The molecule has 4 rings (SSSR count). The maximum atomic E-state index is 12.6. The van der Waals surface area contributed by atoms with Gasteiger partial charge in [-0.3, -0.25) is 4.79 Å². The number of nitriles is 1. The average Bonchev–Trinajstić information content (AvgIpc) is 3.40. The fraction of sp³-hybridized carbons (Fsp3) is 0.250. The van der Waals surface area contributed by atoms with Gasteiger partial charge >= 0.3 is 0 Å². The van der Waals surface area contributed by atoms with Gasteiger partial charge in [0.25, 0.3) is 5.91 Å². The molecule has 31 heavy (non-hydrogen) atoms. The van der Waals surface area contributed by atoms with Crippen LogP contribution >= 0.6 is 27.5 Å². The topological polar surface area (TPSA) is 67.0 Å². The lowest BCUT2D eigenvalue weighted by Gasteiger charge is -2.10. The number of benzene rings is 2. The van der Waals surface area contributed by atoms with Crippen molar-refractivity contribution in [3.05, 3.63) is 74.9 Å². The van der Waals surface area contributed by atoms with Crippen LogP contribution in [-0.4, -0.2) is 29.7 Å². The van der Waals surface area contributed by atoms with Gasteiger partial charge in [0.15, 0.2) is 0 Å². The van der Waals surface area contributed by atoms with Gasteiger partial charge in [0.2, 0.25) is 0 Å². The van der Waals surface area contributed by atoms with E-state index in [0.717, 1.165) is 46.0 Å². The Morgan fingerprint density at radius 3 is 2.94 bits per heavy atom. The van der Waals surface area contributed by atoms with Crippen molar-refractivity contribution >= 4 is 50.4 Å². The van der Waals surface area contributed by atoms with Crippen LogP contribution in [0.25, 0.3) is 17.0 Å². The summed E-state index contributed by atoms with van der Waals surface area (Å²) in [5.41, 5.74) is 2.85. The molecule has 1 fully saturated rings. The highest BCUT2D eigenvalue weighted by atomic mass is 79.9. The maximum Gasteiger partial charge on any atom is 0.262 e. The van der Waals surface area contributed by atoms with Crippen LogP contribution in [0.4, 0.5) is 0 Å². The van der Waals surface area contributed by atoms with E-state index in [1.807, 2.05) is 54.7 Å². The predicted molar refractivity (Wildman–Crippen MR) is 126 cm³/mol. The van der Waals surface area contributed by atoms with Gasteiger partial charge < -0.3 is 14.6 Å². The molecule has 0 saturated carbocycles. The van der Waals surface area contributed by atoms with Crippen molar-refractivity contribution < 1.29 is 9.53 Å². The Bertz CT molecular complexity index is 1190. The Balaban J connectivity index is 1.65. The first-order valence-electron chi connectivity index (χ1n) is 10.1. The summed E-state index contributed by atoms with van der Waals surface area (Å²) in [5.74, 6) is -0.389. The number of nitrogens with one attached hydrogen (secondary N) is 1. The number of hydrogen-bond acceptors (Lipinski definition) is 3. The lowest BCUT2D eigenvalue weighted by Crippen LogP contribution is -2.32. The van der Waals surface area contributed by atoms with Crippen molar-refractivity contribution in [2.45, 2.75) is 25.5 Å². The Kier molecular flexibility index (Phi) is 6.77. The molecule has 3 aromatic rings. The zero-order valence-electron chi connectivity index (χ0n) is 16.8. The number of carbonyl (C=O) groups excluding carboxylic acids is 1. The molecule has 0 unspecified atom stereocenters. The van der Waals surface area contributed by atoms with Crippen molar-refractivity contribution in [2.75, 3.05) is 13.2 Å². The van der Waals surface area contributed by atoms with Crippen molar-refractivity contribution in [3.8, 4) is 6.07 Å². The smallest absolute Gasteiger partial charge is 0.262 e. The lowest BCUT2D eigenvalue weighted by molar-refractivity contribution is -0.117. The van der Waals surface area contributed by atoms with Crippen molar-refractivity contribution in [1.82, 2.24) is 9.88 Å². The number of rotatable bonds is 6. The minimum atomic E-state index is -0.389. The van der Waals surface area contributed by atoms with E-state index in [2.05, 4.69) is 25.8 Å². The molecule has 0 spiro atoms. The van der Waals surface area contributed by atoms with E-state index in [-0.39, 0.29) is 17.6 Å². The summed E-state index contributed by atoms with van der Waals surface area (Å²) in [6, 6.07) is 15.7. The van der Waals surface area contributed by atoms with E-state index in [1.54, 1.807) is 6.08 Å². The van der Waals surface area contributed by atoms with Crippen LogP contribution in [0.15, 0.2) is 58.7 Å². The first-order chi connectivity index (χ1) is 15.0. The SMILES string of the molecule is N#C/C(=C\c1cn(Cc2ccccc2Cl)c2ccc(Br)cc12)C(=O)NC[C@H]1CCCO1. The molecule has 2 aromatic carbocycles. The Hall–Kier alpha value is -2.59. The fourth-order valence-corrected chi connectivity index (χ4v) is 4.32. The van der Waals surface area contributed by atoms with Gasteiger partial charge in [-0.25, -0.2) is 0 Å². The molecule has 2 heterocycles. The molecule has 0 bridgehead atoms. The van der Waals surface area contributed by atoms with Crippen LogP contribution in [0.5, 0.6) is 0 Å². The number of hydrogen-bond donors (Lipinski definition) is 1. The van der Waals surface area contributed by atoms with Crippen LogP contribution in [0.1, 0.15) is 24.0 Å². The molecule has 1 aliphatic heterocycles. The van der Waals surface area contributed by atoms with Crippen LogP contribution in [0.2, 0.25) is 5.02 Å². The average molecular weight is 499 g/mol. The van der Waals surface area contributed by atoms with E-state index < -0.39 is 0 Å². The molecule has 5 nitrogen and oxygen atoms in total. The number of ether oxygens (including phenoxy) is 1. The van der Waals surface area contributed by atoms with Crippen molar-refractivity contribution in [1.29, 1.82) is 5.26 Å².